The van der Waals surface area contributed by atoms with Crippen molar-refractivity contribution in [2.75, 3.05) is 12.4 Å². The predicted octanol–water partition coefficient (Wildman–Crippen LogP) is 0.511. The smallest absolute Gasteiger partial charge is 0.405 e. The van der Waals surface area contributed by atoms with Crippen LogP contribution in [-0.2, 0) is 19.3 Å². The van der Waals surface area contributed by atoms with Gasteiger partial charge in [0.1, 0.15) is 6.10 Å². The fourth-order valence-electron chi connectivity index (χ4n) is 2.28. The first-order chi connectivity index (χ1) is 11.7. The summed E-state index contributed by atoms with van der Waals surface area (Å²) in [6, 6.07) is 4.81. The summed E-state index contributed by atoms with van der Waals surface area (Å²) in [5.41, 5.74) is 0. The SMILES string of the molecule is CC(CS(=O)(=O)c1ccc(Cl)cc1)OC(=O)NC1[CH-]OC(CO)C1O.[U]. The van der Waals surface area contributed by atoms with Crippen molar-refractivity contribution in [1.82, 2.24) is 5.32 Å². The van der Waals surface area contributed by atoms with Gasteiger partial charge in [-0.25, -0.2) is 13.2 Å². The summed E-state index contributed by atoms with van der Waals surface area (Å²) in [5.74, 6) is -0.408. The number of rotatable bonds is 6. The van der Waals surface area contributed by atoms with Crippen LogP contribution in [0.2, 0.25) is 5.02 Å². The van der Waals surface area contributed by atoms with Gasteiger partial charge in [0.25, 0.3) is 0 Å². The van der Waals surface area contributed by atoms with Gasteiger partial charge in [0.2, 0.25) is 0 Å². The average Bonchev–Trinajstić information content (AvgIpc) is 2.87. The molecule has 1 aliphatic heterocycles. The van der Waals surface area contributed by atoms with E-state index in [0.717, 1.165) is 0 Å². The van der Waals surface area contributed by atoms with Crippen molar-refractivity contribution in [3.63, 3.8) is 0 Å². The van der Waals surface area contributed by atoms with Crippen molar-refractivity contribution >= 4 is 27.5 Å². The number of amides is 1. The normalized spacial score (nSPS) is 23.8. The number of alkyl carbamates (subject to hydrolysis) is 1. The van der Waals surface area contributed by atoms with Gasteiger partial charge in [0.05, 0.1) is 29.5 Å². The van der Waals surface area contributed by atoms with E-state index in [1.54, 1.807) is 0 Å². The van der Waals surface area contributed by atoms with Crippen molar-refractivity contribution < 1.29 is 64.0 Å². The molecule has 1 fully saturated rings. The van der Waals surface area contributed by atoms with Crippen LogP contribution in [-0.4, -0.2) is 61.4 Å². The first kappa shape index (κ1) is 23.7. The standard InChI is InChI=1S/C15H19ClNO7S.U/c1-9(8-25(21,22)11-4-2-10(16)3-5-11)24-15(20)17-12-7-23-13(6-18)14(12)19;/h2-5,7,9,12-14,18-19H,6,8H2,1H3,(H,17,20);/q-1;. The van der Waals surface area contributed by atoms with Crippen LogP contribution in [0.25, 0.3) is 0 Å². The molecule has 4 atom stereocenters. The summed E-state index contributed by atoms with van der Waals surface area (Å²) in [4.78, 5) is 11.9. The quantitative estimate of drug-likeness (QED) is 0.392. The van der Waals surface area contributed by atoms with Gasteiger partial charge in [-0.05, 0) is 37.2 Å². The number of carbonyl (C=O) groups is 1. The average molecular weight is 631 g/mol. The van der Waals surface area contributed by atoms with Crippen molar-refractivity contribution in [3.05, 3.63) is 35.9 Å². The Balaban J connectivity index is 0.00000338. The van der Waals surface area contributed by atoms with Crippen LogP contribution < -0.4 is 5.32 Å². The van der Waals surface area contributed by atoms with Gasteiger partial charge in [-0.3, -0.25) is 0 Å². The third-order valence-corrected chi connectivity index (χ3v) is 5.70. The molecular formula is C15H19ClNO7SU-. The van der Waals surface area contributed by atoms with E-state index in [1.807, 2.05) is 0 Å². The summed E-state index contributed by atoms with van der Waals surface area (Å²) >= 11 is 5.73. The monoisotopic (exact) mass is 630 g/mol. The van der Waals surface area contributed by atoms with Crippen LogP contribution in [0.4, 0.5) is 4.79 Å². The van der Waals surface area contributed by atoms with E-state index >= 15 is 0 Å². The molecule has 1 aromatic carbocycles. The Bertz CT molecular complexity index is 700. The molecule has 144 valence electrons. The van der Waals surface area contributed by atoms with Gasteiger partial charge < -0.3 is 25.0 Å². The molecule has 1 aliphatic rings. The number of sulfone groups is 1. The van der Waals surface area contributed by atoms with E-state index in [-0.39, 0.29) is 36.0 Å². The van der Waals surface area contributed by atoms with E-state index < -0.39 is 52.6 Å². The second-order valence-electron chi connectivity index (χ2n) is 5.61. The zero-order chi connectivity index (χ0) is 18.6. The maximum atomic E-state index is 12.3. The predicted molar refractivity (Wildman–Crippen MR) is 88.6 cm³/mol. The molecule has 1 heterocycles. The maximum Gasteiger partial charge on any atom is 0.405 e. The van der Waals surface area contributed by atoms with Crippen LogP contribution in [0.3, 0.4) is 0 Å². The van der Waals surface area contributed by atoms with E-state index in [1.165, 1.54) is 37.8 Å². The Morgan fingerprint density at radius 1 is 1.42 bits per heavy atom. The number of halogens is 1. The Hall–Kier alpha value is -0.338. The number of hydrogen-bond donors (Lipinski definition) is 3. The molecule has 11 heteroatoms. The Morgan fingerprint density at radius 2 is 2.04 bits per heavy atom. The van der Waals surface area contributed by atoms with Gasteiger partial charge in [-0.2, -0.15) is 6.61 Å². The summed E-state index contributed by atoms with van der Waals surface area (Å²) in [5, 5.41) is 21.5. The molecule has 2 rings (SSSR count). The molecule has 26 heavy (non-hydrogen) atoms. The van der Waals surface area contributed by atoms with Crippen LogP contribution >= 0.6 is 11.6 Å². The molecule has 1 saturated heterocycles. The first-order valence-electron chi connectivity index (χ1n) is 7.46. The second-order valence-corrected chi connectivity index (χ2v) is 8.08. The van der Waals surface area contributed by atoms with Gasteiger partial charge in [-0.1, -0.05) is 11.6 Å². The number of aliphatic hydroxyl groups is 2. The zero-order valence-electron chi connectivity index (χ0n) is 13.8. The number of nitrogens with one attached hydrogen (secondary N) is 1. The molecule has 0 radical (unpaired) electrons. The number of carbonyl (C=O) groups excluding carboxylic acids is 1. The molecule has 8 nitrogen and oxygen atoms in total. The summed E-state index contributed by atoms with van der Waals surface area (Å²) in [6.45, 7) is 2.22. The van der Waals surface area contributed by atoms with Crippen LogP contribution in [0.15, 0.2) is 29.2 Å². The minimum Gasteiger partial charge on any atom is -0.544 e. The Kier molecular flexibility index (Phi) is 9.36. The fraction of sp³-hybridized carbons (Fsp3) is 0.467. The third kappa shape index (κ3) is 6.37. The summed E-state index contributed by atoms with van der Waals surface area (Å²) in [7, 11) is -3.65. The van der Waals surface area contributed by atoms with E-state index in [4.69, 9.17) is 26.2 Å². The number of ether oxygens (including phenoxy) is 2. The first-order valence-corrected chi connectivity index (χ1v) is 9.49. The van der Waals surface area contributed by atoms with E-state index in [9.17, 15) is 18.3 Å². The molecular weight excluding hydrogens is 612 g/mol. The Labute approximate surface area is 180 Å². The molecule has 0 aliphatic carbocycles. The van der Waals surface area contributed by atoms with Crippen molar-refractivity contribution in [2.24, 2.45) is 0 Å². The van der Waals surface area contributed by atoms with Crippen LogP contribution in [0.5, 0.6) is 0 Å². The minimum absolute atomic E-state index is 0. The van der Waals surface area contributed by atoms with Gasteiger partial charge in [0.15, 0.2) is 9.84 Å². The van der Waals surface area contributed by atoms with Gasteiger partial charge >= 0.3 is 6.09 Å². The van der Waals surface area contributed by atoms with E-state index in [2.05, 4.69) is 5.32 Å². The molecule has 1 amide bonds. The number of aliphatic hydroxyl groups excluding tert-OH is 2. The van der Waals surface area contributed by atoms with Gasteiger partial charge in [0, 0.05) is 36.1 Å². The summed E-state index contributed by atoms with van der Waals surface area (Å²) < 4.78 is 34.5. The van der Waals surface area contributed by atoms with Crippen molar-refractivity contribution in [2.45, 2.75) is 36.2 Å². The molecule has 3 N–H and O–H groups in total. The van der Waals surface area contributed by atoms with Gasteiger partial charge in [-0.15, -0.1) is 0 Å². The largest absolute Gasteiger partial charge is 0.544 e. The molecule has 0 saturated carbocycles. The minimum atomic E-state index is -3.65. The zero-order valence-corrected chi connectivity index (χ0v) is 19.6. The molecule has 0 spiro atoms. The number of benzene rings is 1. The number of hydrogen-bond acceptors (Lipinski definition) is 7. The van der Waals surface area contributed by atoms with Crippen LogP contribution in [0, 0.1) is 37.7 Å². The molecule has 4 unspecified atom stereocenters. The maximum absolute atomic E-state index is 12.3. The fourth-order valence-corrected chi connectivity index (χ4v) is 3.84. The molecule has 1 aromatic rings. The summed E-state index contributed by atoms with van der Waals surface area (Å²) in [6.07, 6.45) is -3.77. The topological polar surface area (TPSA) is 122 Å². The molecule has 0 bridgehead atoms. The van der Waals surface area contributed by atoms with E-state index in [0.29, 0.717) is 5.02 Å². The third-order valence-electron chi connectivity index (χ3n) is 3.55. The Morgan fingerprint density at radius 3 is 2.58 bits per heavy atom. The second kappa shape index (κ2) is 10.3. The van der Waals surface area contributed by atoms with Crippen molar-refractivity contribution in [1.29, 1.82) is 0 Å². The van der Waals surface area contributed by atoms with Crippen molar-refractivity contribution in [3.8, 4) is 0 Å². The molecule has 0 aromatic heterocycles. The van der Waals surface area contributed by atoms with Crippen LogP contribution in [0.1, 0.15) is 6.92 Å².